The molecule has 7 rings (SSSR count). The van der Waals surface area contributed by atoms with Crippen molar-refractivity contribution in [1.82, 2.24) is 0 Å². The van der Waals surface area contributed by atoms with Gasteiger partial charge in [0.2, 0.25) is 5.41 Å². The summed E-state index contributed by atoms with van der Waals surface area (Å²) < 4.78 is 115. The summed E-state index contributed by atoms with van der Waals surface area (Å²) in [5.74, 6) is 0.693. The molecule has 0 unspecified atom stereocenters. The molecule has 0 aliphatic carbocycles. The average Bonchev–Trinajstić information content (AvgIpc) is 3.18. The van der Waals surface area contributed by atoms with E-state index >= 15 is 26.3 Å². The van der Waals surface area contributed by atoms with Crippen molar-refractivity contribution in [2.75, 3.05) is 17.2 Å². The molecule has 0 fully saturated rings. The Labute approximate surface area is 323 Å². The number of para-hydroxylation sites is 1. The number of anilines is 3. The number of benzene rings is 7. The van der Waals surface area contributed by atoms with Gasteiger partial charge in [-0.3, -0.25) is 0 Å². The lowest BCUT2D eigenvalue weighted by molar-refractivity contribution is -0.288. The van der Waals surface area contributed by atoms with Crippen molar-refractivity contribution in [2.24, 2.45) is 0 Å². The van der Waals surface area contributed by atoms with Crippen LogP contribution in [0.1, 0.15) is 11.1 Å². The molecular weight excluding hydrogens is 745 g/mol. The number of halogens is 6. The molecule has 57 heavy (non-hydrogen) atoms. The highest BCUT2D eigenvalue weighted by molar-refractivity contribution is 5.93. The lowest BCUT2D eigenvalue weighted by Gasteiger charge is -2.40. The van der Waals surface area contributed by atoms with Gasteiger partial charge >= 0.3 is 12.4 Å². The van der Waals surface area contributed by atoms with Gasteiger partial charge in [0.15, 0.2) is 0 Å². The summed E-state index contributed by atoms with van der Waals surface area (Å²) in [7, 11) is 0. The Morgan fingerprint density at radius 1 is 0.368 bits per heavy atom. The minimum Gasteiger partial charge on any atom is -0.457 e. The van der Waals surface area contributed by atoms with Gasteiger partial charge in [-0.25, -0.2) is 0 Å². The summed E-state index contributed by atoms with van der Waals surface area (Å²) in [6.07, 6.45) is -11.9. The van der Waals surface area contributed by atoms with Crippen LogP contribution in [-0.2, 0) is 5.41 Å². The van der Waals surface area contributed by atoms with Gasteiger partial charge < -0.3 is 31.4 Å². The molecule has 0 bridgehead atoms. The molecule has 12 heteroatoms. The average molecular weight is 778 g/mol. The van der Waals surface area contributed by atoms with Gasteiger partial charge in [0.1, 0.15) is 34.5 Å². The van der Waals surface area contributed by atoms with Crippen LogP contribution in [0.25, 0.3) is 22.3 Å². The molecule has 0 aliphatic rings. The van der Waals surface area contributed by atoms with Crippen molar-refractivity contribution in [3.63, 3.8) is 0 Å². The molecule has 6 nitrogen and oxygen atoms in total. The molecule has 6 N–H and O–H groups in total. The van der Waals surface area contributed by atoms with E-state index in [-0.39, 0.29) is 51.2 Å². The molecule has 0 saturated heterocycles. The van der Waals surface area contributed by atoms with Crippen molar-refractivity contribution in [1.29, 1.82) is 0 Å². The van der Waals surface area contributed by atoms with Gasteiger partial charge in [-0.2, -0.15) is 26.3 Å². The van der Waals surface area contributed by atoms with E-state index < -0.39 is 34.5 Å². The predicted octanol–water partition coefficient (Wildman–Crippen LogP) is 12.6. The number of ether oxygens (including phenoxy) is 3. The van der Waals surface area contributed by atoms with Crippen LogP contribution in [0.5, 0.6) is 34.5 Å². The van der Waals surface area contributed by atoms with Gasteiger partial charge in [0.25, 0.3) is 0 Å². The van der Waals surface area contributed by atoms with Gasteiger partial charge in [0, 0.05) is 33.8 Å². The van der Waals surface area contributed by atoms with Crippen molar-refractivity contribution in [3.8, 4) is 56.8 Å². The van der Waals surface area contributed by atoms with E-state index in [4.69, 9.17) is 31.4 Å². The second-order valence-corrected chi connectivity index (χ2v) is 13.0. The molecule has 7 aromatic rings. The summed E-state index contributed by atoms with van der Waals surface area (Å²) >= 11 is 0. The molecule has 0 saturated carbocycles. The predicted molar refractivity (Wildman–Crippen MR) is 209 cm³/mol. The van der Waals surface area contributed by atoms with Crippen LogP contribution >= 0.6 is 0 Å². The van der Waals surface area contributed by atoms with Crippen LogP contribution in [0.15, 0.2) is 164 Å². The molecular formula is C45H33F6N3O3. The Balaban J connectivity index is 1.55. The molecule has 0 radical (unpaired) electrons. The maximum absolute atomic E-state index is 16.1. The van der Waals surface area contributed by atoms with Gasteiger partial charge in [-0.1, -0.05) is 66.7 Å². The van der Waals surface area contributed by atoms with Crippen LogP contribution in [0.4, 0.5) is 43.4 Å². The topological polar surface area (TPSA) is 106 Å². The van der Waals surface area contributed by atoms with Crippen molar-refractivity contribution in [2.45, 2.75) is 17.8 Å². The highest BCUT2D eigenvalue weighted by Gasteiger charge is 2.73. The van der Waals surface area contributed by atoms with E-state index in [2.05, 4.69) is 0 Å². The normalized spacial score (nSPS) is 11.9. The number of nitrogen functional groups attached to an aromatic ring is 3. The first kappa shape index (κ1) is 38.2. The fraction of sp³-hybridized carbons (Fsp3) is 0.0667. The summed E-state index contributed by atoms with van der Waals surface area (Å²) in [5.41, 5.74) is 11.6. The number of hydrogen-bond acceptors (Lipinski definition) is 6. The van der Waals surface area contributed by atoms with Gasteiger partial charge in [-0.15, -0.1) is 0 Å². The minimum absolute atomic E-state index is 0.00135. The van der Waals surface area contributed by atoms with Crippen molar-refractivity contribution >= 4 is 17.1 Å². The van der Waals surface area contributed by atoms with E-state index in [0.29, 0.717) is 17.1 Å². The molecule has 7 aromatic carbocycles. The third-order valence-electron chi connectivity index (χ3n) is 9.26. The summed E-state index contributed by atoms with van der Waals surface area (Å²) in [4.78, 5) is 0. The second-order valence-electron chi connectivity index (χ2n) is 13.0. The number of hydrogen-bond donors (Lipinski definition) is 3. The molecule has 0 aliphatic heterocycles. The fourth-order valence-electron chi connectivity index (χ4n) is 6.63. The quantitative estimate of drug-likeness (QED) is 0.0943. The zero-order valence-corrected chi connectivity index (χ0v) is 29.8. The fourth-order valence-corrected chi connectivity index (χ4v) is 6.63. The Hall–Kier alpha value is -7.08. The van der Waals surface area contributed by atoms with Crippen LogP contribution in [0.2, 0.25) is 0 Å². The third-order valence-corrected chi connectivity index (χ3v) is 9.26. The Kier molecular flexibility index (Phi) is 10.2. The number of alkyl halides is 6. The Morgan fingerprint density at radius 3 is 1.28 bits per heavy atom. The molecule has 288 valence electrons. The second kappa shape index (κ2) is 15.2. The standard InChI is InChI=1S/C45H33F6N3O3/c46-44(47,48)43(45(49,50)51,29-10-18-33(19-11-29)55-34-20-12-30(52)13-21-34)38-26-27-40(57-36-24-16-32(54)17-25-36)41(28-6-2-1-3-7-28)42(38)37-8-4-5-9-39(37)56-35-22-14-31(53)15-23-35/h1-27H,52-54H2. The first-order valence-corrected chi connectivity index (χ1v) is 17.4. The van der Waals surface area contributed by atoms with E-state index in [1.807, 2.05) is 0 Å². The zero-order chi connectivity index (χ0) is 40.4. The van der Waals surface area contributed by atoms with Crippen molar-refractivity contribution in [3.05, 3.63) is 175 Å². The van der Waals surface area contributed by atoms with Crippen LogP contribution in [0.3, 0.4) is 0 Å². The van der Waals surface area contributed by atoms with E-state index in [1.54, 1.807) is 84.9 Å². The molecule has 0 aromatic heterocycles. The summed E-state index contributed by atoms with van der Waals surface area (Å²) in [6, 6.07) is 38.1. The SMILES string of the molecule is Nc1ccc(Oc2ccc(C(c3ccc(Oc4ccc(N)cc4)c(-c4ccccc4)c3-c3ccccc3Oc3ccc(N)cc3)(C(F)(F)F)C(F)(F)F)cc2)cc1. The van der Waals surface area contributed by atoms with Crippen molar-refractivity contribution < 1.29 is 40.6 Å². The highest BCUT2D eigenvalue weighted by atomic mass is 19.4. The number of nitrogens with two attached hydrogens (primary N) is 3. The zero-order valence-electron chi connectivity index (χ0n) is 29.8. The minimum atomic E-state index is -5.96. The molecule has 0 atom stereocenters. The number of rotatable bonds is 10. The third kappa shape index (κ3) is 7.62. The monoisotopic (exact) mass is 777 g/mol. The van der Waals surface area contributed by atoms with E-state index in [9.17, 15) is 0 Å². The Morgan fingerprint density at radius 2 is 0.789 bits per heavy atom. The first-order valence-electron chi connectivity index (χ1n) is 17.4. The first-order chi connectivity index (χ1) is 27.2. The van der Waals surface area contributed by atoms with Crippen LogP contribution in [0, 0.1) is 0 Å². The lowest BCUT2D eigenvalue weighted by atomic mass is 9.69. The van der Waals surface area contributed by atoms with Gasteiger partial charge in [0.05, 0.1) is 0 Å². The molecule has 0 spiro atoms. The Bertz CT molecular complexity index is 2460. The van der Waals surface area contributed by atoms with Crippen LogP contribution < -0.4 is 31.4 Å². The lowest BCUT2D eigenvalue weighted by Crippen LogP contribution is -2.55. The highest BCUT2D eigenvalue weighted by Crippen LogP contribution is 2.61. The molecule has 0 amide bonds. The van der Waals surface area contributed by atoms with Crippen LogP contribution in [-0.4, -0.2) is 12.4 Å². The largest absolute Gasteiger partial charge is 0.457 e. The van der Waals surface area contributed by atoms with E-state index in [1.165, 1.54) is 42.5 Å². The van der Waals surface area contributed by atoms with E-state index in [0.717, 1.165) is 36.4 Å². The maximum atomic E-state index is 16.1. The smallest absolute Gasteiger partial charge is 0.411 e. The molecule has 0 heterocycles. The van der Waals surface area contributed by atoms with Gasteiger partial charge in [-0.05, 0) is 114 Å². The summed E-state index contributed by atoms with van der Waals surface area (Å²) in [5, 5.41) is 0. The maximum Gasteiger partial charge on any atom is 0.411 e. The summed E-state index contributed by atoms with van der Waals surface area (Å²) in [6.45, 7) is 0.